The van der Waals surface area contributed by atoms with Crippen LogP contribution >= 0.6 is 0 Å². The molecule has 1 aliphatic rings. The van der Waals surface area contributed by atoms with Crippen molar-refractivity contribution in [2.75, 3.05) is 29.9 Å². The predicted octanol–water partition coefficient (Wildman–Crippen LogP) is 3.52. The molecule has 2 aromatic rings. The first-order valence-corrected chi connectivity index (χ1v) is 9.66. The van der Waals surface area contributed by atoms with Crippen LogP contribution in [-0.4, -0.2) is 40.6 Å². The Bertz CT molecular complexity index is 918. The normalized spacial score (nSPS) is 16.4. The fraction of sp³-hybridized carbons (Fsp3) is 0.450. The summed E-state index contributed by atoms with van der Waals surface area (Å²) >= 11 is 0. The Kier molecular flexibility index (Phi) is 6.26. The Morgan fingerprint density at radius 3 is 2.83 bits per heavy atom. The molecule has 0 amide bonds. The van der Waals surface area contributed by atoms with Crippen molar-refractivity contribution in [3.63, 3.8) is 0 Å². The van der Waals surface area contributed by atoms with Gasteiger partial charge in [-0.25, -0.2) is 9.97 Å². The molecule has 1 aliphatic heterocycles. The zero-order valence-electron chi connectivity index (χ0n) is 16.8. The van der Waals surface area contributed by atoms with Gasteiger partial charge in [0.1, 0.15) is 6.33 Å². The molecule has 0 aliphatic carbocycles. The van der Waals surface area contributed by atoms with E-state index in [4.69, 9.17) is 4.74 Å². The monoisotopic (exact) mass is 399 g/mol. The van der Waals surface area contributed by atoms with Gasteiger partial charge in [0.15, 0.2) is 0 Å². The van der Waals surface area contributed by atoms with Gasteiger partial charge in [0, 0.05) is 18.8 Å². The summed E-state index contributed by atoms with van der Waals surface area (Å²) in [6.45, 7) is 6.96. The second kappa shape index (κ2) is 8.85. The minimum Gasteiger partial charge on any atom is -0.466 e. The lowest BCUT2D eigenvalue weighted by atomic mass is 9.98. The molecule has 0 bridgehead atoms. The van der Waals surface area contributed by atoms with Crippen LogP contribution in [0.4, 0.5) is 23.0 Å². The molecule has 1 unspecified atom stereocenters. The molecule has 2 heterocycles. The average Bonchev–Trinajstić information content (AvgIpc) is 2.70. The lowest BCUT2D eigenvalue weighted by Gasteiger charge is -2.32. The maximum atomic E-state index is 12.1. The van der Waals surface area contributed by atoms with Crippen molar-refractivity contribution in [2.45, 2.75) is 33.6 Å². The Morgan fingerprint density at radius 2 is 2.14 bits per heavy atom. The highest BCUT2D eigenvalue weighted by Gasteiger charge is 2.33. The fourth-order valence-electron chi connectivity index (χ4n) is 3.44. The molecule has 29 heavy (non-hydrogen) atoms. The number of ether oxygens (including phenoxy) is 1. The van der Waals surface area contributed by atoms with Gasteiger partial charge in [-0.3, -0.25) is 14.9 Å². The molecule has 1 aromatic carbocycles. The lowest BCUT2D eigenvalue weighted by Crippen LogP contribution is -2.40. The molecular formula is C20H25N5O4. The highest BCUT2D eigenvalue weighted by atomic mass is 16.6. The summed E-state index contributed by atoms with van der Waals surface area (Å²) in [6, 6.07) is 5.71. The van der Waals surface area contributed by atoms with Crippen LogP contribution in [0.2, 0.25) is 0 Å². The number of rotatable bonds is 6. The number of nitro groups is 1. The van der Waals surface area contributed by atoms with Crippen LogP contribution in [0.1, 0.15) is 30.9 Å². The van der Waals surface area contributed by atoms with Crippen LogP contribution < -0.4 is 10.2 Å². The standard InChI is InChI=1S/C20H25N5O4/c1-4-29-20(26)15-6-5-9-24(11-15)19-17(25(27)28)18(21-12-22-19)23-16-8-7-13(2)14(3)10-16/h7-8,10,12,15H,4-6,9,11H2,1-3H3,(H,21,22,23). The van der Waals surface area contributed by atoms with Gasteiger partial charge < -0.3 is 15.0 Å². The van der Waals surface area contributed by atoms with Gasteiger partial charge in [0.25, 0.3) is 0 Å². The van der Waals surface area contributed by atoms with Crippen LogP contribution in [0.25, 0.3) is 0 Å². The van der Waals surface area contributed by atoms with Gasteiger partial charge in [-0.15, -0.1) is 0 Å². The topological polar surface area (TPSA) is 110 Å². The summed E-state index contributed by atoms with van der Waals surface area (Å²) in [5.74, 6) is -0.261. The van der Waals surface area contributed by atoms with Crippen molar-refractivity contribution in [1.82, 2.24) is 9.97 Å². The van der Waals surface area contributed by atoms with Crippen LogP contribution in [0, 0.1) is 29.9 Å². The quantitative estimate of drug-likeness (QED) is 0.446. The minimum atomic E-state index is -0.479. The SMILES string of the molecule is CCOC(=O)C1CCCN(c2ncnc(Nc3ccc(C)c(C)c3)c2[N+](=O)[O-])C1. The Hall–Kier alpha value is -3.23. The third-order valence-electron chi connectivity index (χ3n) is 5.10. The molecule has 1 fully saturated rings. The molecule has 9 nitrogen and oxygen atoms in total. The number of hydrogen-bond acceptors (Lipinski definition) is 8. The Balaban J connectivity index is 1.91. The Labute approximate surface area is 169 Å². The highest BCUT2D eigenvalue weighted by Crippen LogP contribution is 2.35. The van der Waals surface area contributed by atoms with Gasteiger partial charge >= 0.3 is 11.7 Å². The maximum absolute atomic E-state index is 12.1. The average molecular weight is 399 g/mol. The number of aromatic nitrogens is 2. The molecule has 1 N–H and O–H groups in total. The van der Waals surface area contributed by atoms with Crippen molar-refractivity contribution < 1.29 is 14.5 Å². The summed E-state index contributed by atoms with van der Waals surface area (Å²) in [4.78, 5) is 33.6. The highest BCUT2D eigenvalue weighted by molar-refractivity contribution is 5.77. The van der Waals surface area contributed by atoms with Crippen LogP contribution in [0.5, 0.6) is 0 Å². The number of carbonyl (C=O) groups excluding carboxylic acids is 1. The van der Waals surface area contributed by atoms with Gasteiger partial charge in [-0.2, -0.15) is 0 Å². The molecule has 0 saturated carbocycles. The van der Waals surface area contributed by atoms with E-state index in [-0.39, 0.29) is 29.2 Å². The lowest BCUT2D eigenvalue weighted by molar-refractivity contribution is -0.383. The first kappa shape index (κ1) is 20.5. The van der Waals surface area contributed by atoms with Crippen molar-refractivity contribution >= 4 is 29.0 Å². The van der Waals surface area contributed by atoms with E-state index in [1.165, 1.54) is 6.33 Å². The van der Waals surface area contributed by atoms with E-state index in [9.17, 15) is 14.9 Å². The van der Waals surface area contributed by atoms with Crippen molar-refractivity contribution in [2.24, 2.45) is 5.92 Å². The predicted molar refractivity (Wildman–Crippen MR) is 109 cm³/mol. The number of hydrogen-bond donors (Lipinski definition) is 1. The second-order valence-corrected chi connectivity index (χ2v) is 7.11. The van der Waals surface area contributed by atoms with E-state index >= 15 is 0 Å². The van der Waals surface area contributed by atoms with E-state index in [1.807, 2.05) is 32.0 Å². The first-order chi connectivity index (χ1) is 13.9. The largest absolute Gasteiger partial charge is 0.466 e. The molecule has 1 aromatic heterocycles. The maximum Gasteiger partial charge on any atom is 0.353 e. The van der Waals surface area contributed by atoms with Crippen molar-refractivity contribution in [1.29, 1.82) is 0 Å². The molecule has 154 valence electrons. The molecule has 1 saturated heterocycles. The van der Waals surface area contributed by atoms with E-state index in [2.05, 4.69) is 15.3 Å². The molecule has 0 spiro atoms. The summed E-state index contributed by atoms with van der Waals surface area (Å²) in [7, 11) is 0. The van der Waals surface area contributed by atoms with Crippen LogP contribution in [0.3, 0.4) is 0 Å². The number of benzene rings is 1. The third kappa shape index (κ3) is 4.61. The number of anilines is 3. The smallest absolute Gasteiger partial charge is 0.353 e. The number of nitrogens with one attached hydrogen (secondary N) is 1. The first-order valence-electron chi connectivity index (χ1n) is 9.66. The van der Waals surface area contributed by atoms with Gasteiger partial charge in [0.05, 0.1) is 17.4 Å². The van der Waals surface area contributed by atoms with E-state index in [0.29, 0.717) is 31.8 Å². The fourth-order valence-corrected chi connectivity index (χ4v) is 3.44. The van der Waals surface area contributed by atoms with E-state index in [0.717, 1.165) is 17.5 Å². The summed E-state index contributed by atoms with van der Waals surface area (Å²) < 4.78 is 5.12. The van der Waals surface area contributed by atoms with Gasteiger partial charge in [0.2, 0.25) is 11.6 Å². The summed E-state index contributed by atoms with van der Waals surface area (Å²) in [6.07, 6.45) is 2.73. The summed E-state index contributed by atoms with van der Waals surface area (Å²) in [5.41, 5.74) is 2.71. The molecule has 1 atom stereocenters. The van der Waals surface area contributed by atoms with Gasteiger partial charge in [-0.05, 0) is 56.9 Å². The number of aryl methyl sites for hydroxylation is 2. The third-order valence-corrected chi connectivity index (χ3v) is 5.10. The van der Waals surface area contributed by atoms with Crippen molar-refractivity contribution in [3.05, 3.63) is 45.8 Å². The van der Waals surface area contributed by atoms with Crippen LogP contribution in [-0.2, 0) is 9.53 Å². The Morgan fingerprint density at radius 1 is 1.34 bits per heavy atom. The van der Waals surface area contributed by atoms with Crippen LogP contribution in [0.15, 0.2) is 24.5 Å². The molecule has 9 heteroatoms. The summed E-state index contributed by atoms with van der Waals surface area (Å²) in [5, 5.41) is 14.9. The zero-order valence-corrected chi connectivity index (χ0v) is 16.8. The number of nitrogens with zero attached hydrogens (tertiary/aromatic N) is 4. The molecule has 3 rings (SSSR count). The van der Waals surface area contributed by atoms with E-state index in [1.54, 1.807) is 11.8 Å². The second-order valence-electron chi connectivity index (χ2n) is 7.11. The number of esters is 1. The minimum absolute atomic E-state index is 0.126. The molecule has 0 radical (unpaired) electrons. The van der Waals surface area contributed by atoms with Gasteiger partial charge in [-0.1, -0.05) is 6.07 Å². The number of carbonyl (C=O) groups is 1. The molecular weight excluding hydrogens is 374 g/mol. The van der Waals surface area contributed by atoms with Crippen molar-refractivity contribution in [3.8, 4) is 0 Å². The number of piperidine rings is 1. The van der Waals surface area contributed by atoms with E-state index < -0.39 is 4.92 Å². The zero-order chi connectivity index (χ0) is 21.0.